The molecular weight excluding hydrogens is 336 g/mol. The van der Waals surface area contributed by atoms with Gasteiger partial charge in [-0.3, -0.25) is 0 Å². The number of sulfone groups is 1. The summed E-state index contributed by atoms with van der Waals surface area (Å²) in [6.07, 6.45) is 0. The van der Waals surface area contributed by atoms with E-state index in [1.807, 2.05) is 0 Å². The van der Waals surface area contributed by atoms with Crippen LogP contribution in [0.2, 0.25) is 0 Å². The molecule has 120 valence electrons. The summed E-state index contributed by atoms with van der Waals surface area (Å²) in [4.78, 5) is 0.0128. The van der Waals surface area contributed by atoms with Crippen molar-refractivity contribution in [2.24, 2.45) is 0 Å². The largest absolute Gasteiger partial charge is 0.493 e. The van der Waals surface area contributed by atoms with Crippen molar-refractivity contribution in [1.29, 1.82) is 0 Å². The molecule has 0 bridgehead atoms. The summed E-state index contributed by atoms with van der Waals surface area (Å²) in [5, 5.41) is 0. The molecule has 0 heterocycles. The van der Waals surface area contributed by atoms with Gasteiger partial charge in [-0.2, -0.15) is 0 Å². The average Bonchev–Trinajstić information content (AvgIpc) is 2.25. The molecule has 0 saturated carbocycles. The van der Waals surface area contributed by atoms with Gasteiger partial charge in [-0.25, -0.2) is 16.8 Å². The Morgan fingerprint density at radius 3 is 2.14 bits per heavy atom. The number of benzene rings is 1. The van der Waals surface area contributed by atoms with E-state index in [1.165, 1.54) is 18.2 Å². The van der Waals surface area contributed by atoms with E-state index >= 15 is 0 Å². The Hall–Kier alpha value is -0.790. The van der Waals surface area contributed by atoms with Crippen LogP contribution in [0, 0.1) is 6.92 Å². The van der Waals surface area contributed by atoms with E-state index in [-0.39, 0.29) is 17.3 Å². The van der Waals surface area contributed by atoms with Crippen molar-refractivity contribution >= 4 is 29.6 Å². The van der Waals surface area contributed by atoms with Crippen LogP contribution in [0.4, 0.5) is 0 Å². The maximum atomic E-state index is 11.9. The van der Waals surface area contributed by atoms with Gasteiger partial charge < -0.3 is 4.74 Å². The zero-order valence-corrected chi connectivity index (χ0v) is 14.8. The number of hydrogen-bond donors (Lipinski definition) is 0. The number of rotatable bonds is 5. The lowest BCUT2D eigenvalue weighted by Crippen LogP contribution is -2.32. The Bertz CT molecular complexity index is 715. The van der Waals surface area contributed by atoms with E-state index < -0.39 is 23.6 Å². The summed E-state index contributed by atoms with van der Waals surface area (Å²) in [6, 6.07) is 4.30. The van der Waals surface area contributed by atoms with Crippen LogP contribution in [-0.4, -0.2) is 33.9 Å². The van der Waals surface area contributed by atoms with Gasteiger partial charge in [0.15, 0.2) is 9.84 Å². The maximum Gasteiger partial charge on any atom is 0.261 e. The van der Waals surface area contributed by atoms with Crippen LogP contribution in [0.3, 0.4) is 0 Å². The first-order chi connectivity index (χ1) is 9.34. The third-order valence-corrected chi connectivity index (χ3v) is 7.02. The molecule has 0 atom stereocenters. The second kappa shape index (κ2) is 6.14. The minimum Gasteiger partial charge on any atom is -0.493 e. The van der Waals surface area contributed by atoms with Crippen molar-refractivity contribution in [1.82, 2.24) is 0 Å². The van der Waals surface area contributed by atoms with Gasteiger partial charge in [0, 0.05) is 10.7 Å². The van der Waals surface area contributed by atoms with Gasteiger partial charge in [0.2, 0.25) is 0 Å². The van der Waals surface area contributed by atoms with Crippen molar-refractivity contribution in [3.63, 3.8) is 0 Å². The van der Waals surface area contributed by atoms with Crippen molar-refractivity contribution < 1.29 is 21.6 Å². The van der Waals surface area contributed by atoms with E-state index in [1.54, 1.807) is 27.7 Å². The molecule has 0 aliphatic heterocycles. The van der Waals surface area contributed by atoms with E-state index in [9.17, 15) is 16.8 Å². The summed E-state index contributed by atoms with van der Waals surface area (Å²) in [6.45, 7) is 6.49. The van der Waals surface area contributed by atoms with Gasteiger partial charge in [0.1, 0.15) is 12.4 Å². The summed E-state index contributed by atoms with van der Waals surface area (Å²) in [7, 11) is -1.76. The van der Waals surface area contributed by atoms with Crippen LogP contribution in [0.15, 0.2) is 23.1 Å². The van der Waals surface area contributed by atoms with Crippen molar-refractivity contribution in [2.75, 3.05) is 12.4 Å². The standard InChI is InChI=1S/C13H19ClO5S2/c1-10-9-11(5-6-12(10)21(14,17)18)19-7-8-20(15,16)13(2,3)4/h5-6,9H,7-8H2,1-4H3. The molecule has 0 unspecified atom stereocenters. The minimum absolute atomic E-state index is 0.00597. The van der Waals surface area contributed by atoms with E-state index in [2.05, 4.69) is 0 Å². The van der Waals surface area contributed by atoms with Crippen LogP contribution in [-0.2, 0) is 18.9 Å². The van der Waals surface area contributed by atoms with E-state index in [0.29, 0.717) is 11.3 Å². The molecule has 0 aliphatic carbocycles. The third-order valence-electron chi connectivity index (χ3n) is 2.96. The second-order valence-corrected chi connectivity index (χ2v) is 11.0. The predicted molar refractivity (Wildman–Crippen MR) is 83.3 cm³/mol. The molecule has 0 spiro atoms. The van der Waals surface area contributed by atoms with Gasteiger partial charge in [-0.15, -0.1) is 0 Å². The van der Waals surface area contributed by atoms with Crippen molar-refractivity contribution in [3.8, 4) is 5.75 Å². The molecule has 0 amide bonds. The number of aryl methyl sites for hydroxylation is 1. The fraction of sp³-hybridized carbons (Fsp3) is 0.538. The topological polar surface area (TPSA) is 77.5 Å². The van der Waals surface area contributed by atoms with Crippen LogP contribution in [0.1, 0.15) is 26.3 Å². The summed E-state index contributed by atoms with van der Waals surface area (Å²) < 4.78 is 50.9. The van der Waals surface area contributed by atoms with Gasteiger partial charge in [-0.05, 0) is 51.5 Å². The Kier molecular flexibility index (Phi) is 5.34. The Labute approximate surface area is 130 Å². The molecule has 0 saturated heterocycles. The highest BCUT2D eigenvalue weighted by atomic mass is 35.7. The molecule has 1 aromatic carbocycles. The Balaban J connectivity index is 2.77. The maximum absolute atomic E-state index is 11.9. The fourth-order valence-corrected chi connectivity index (χ4v) is 3.67. The van der Waals surface area contributed by atoms with E-state index in [0.717, 1.165) is 0 Å². The zero-order valence-electron chi connectivity index (χ0n) is 12.4. The lowest BCUT2D eigenvalue weighted by atomic mass is 10.2. The fourth-order valence-electron chi connectivity index (χ4n) is 1.56. The highest BCUT2D eigenvalue weighted by molar-refractivity contribution is 8.13. The minimum atomic E-state index is -3.79. The Morgan fingerprint density at radius 1 is 1.14 bits per heavy atom. The van der Waals surface area contributed by atoms with E-state index in [4.69, 9.17) is 15.4 Å². The second-order valence-electron chi connectivity index (χ2n) is 5.64. The normalized spacial score (nSPS) is 13.2. The highest BCUT2D eigenvalue weighted by Crippen LogP contribution is 2.24. The molecular formula is C13H19ClO5S2. The van der Waals surface area contributed by atoms with Crippen molar-refractivity contribution in [2.45, 2.75) is 37.3 Å². The van der Waals surface area contributed by atoms with Crippen LogP contribution in [0.5, 0.6) is 5.75 Å². The van der Waals surface area contributed by atoms with Crippen LogP contribution < -0.4 is 4.74 Å². The summed E-state index contributed by atoms with van der Waals surface area (Å²) in [5.74, 6) is 0.297. The molecule has 8 heteroatoms. The van der Waals surface area contributed by atoms with Gasteiger partial charge in [0.05, 0.1) is 15.4 Å². The lowest BCUT2D eigenvalue weighted by molar-refractivity contribution is 0.339. The molecule has 0 radical (unpaired) electrons. The zero-order chi connectivity index (χ0) is 16.5. The van der Waals surface area contributed by atoms with Gasteiger partial charge in [0.25, 0.3) is 9.05 Å². The number of ether oxygens (including phenoxy) is 1. The van der Waals surface area contributed by atoms with Crippen LogP contribution >= 0.6 is 10.7 Å². The predicted octanol–water partition coefficient (Wildman–Crippen LogP) is 2.51. The van der Waals surface area contributed by atoms with Crippen molar-refractivity contribution in [3.05, 3.63) is 23.8 Å². The third kappa shape index (κ3) is 4.86. The number of hydrogen-bond acceptors (Lipinski definition) is 5. The molecule has 0 aromatic heterocycles. The monoisotopic (exact) mass is 354 g/mol. The van der Waals surface area contributed by atoms with Crippen LogP contribution in [0.25, 0.3) is 0 Å². The van der Waals surface area contributed by atoms with Gasteiger partial charge in [-0.1, -0.05) is 0 Å². The molecule has 5 nitrogen and oxygen atoms in total. The first-order valence-electron chi connectivity index (χ1n) is 6.25. The number of halogens is 1. The smallest absolute Gasteiger partial charge is 0.261 e. The molecule has 1 aromatic rings. The van der Waals surface area contributed by atoms with Gasteiger partial charge >= 0.3 is 0 Å². The quantitative estimate of drug-likeness (QED) is 0.759. The Morgan fingerprint density at radius 2 is 1.71 bits per heavy atom. The highest BCUT2D eigenvalue weighted by Gasteiger charge is 2.28. The summed E-state index contributed by atoms with van der Waals surface area (Å²) >= 11 is 0. The SMILES string of the molecule is Cc1cc(OCCS(=O)(=O)C(C)(C)C)ccc1S(=O)(=O)Cl. The average molecular weight is 355 g/mol. The lowest BCUT2D eigenvalue weighted by Gasteiger charge is -2.19. The molecule has 21 heavy (non-hydrogen) atoms. The molecule has 0 fully saturated rings. The first kappa shape index (κ1) is 18.3. The first-order valence-corrected chi connectivity index (χ1v) is 10.2. The molecule has 0 N–H and O–H groups in total. The molecule has 0 aliphatic rings. The molecule has 1 rings (SSSR count). The summed E-state index contributed by atoms with van der Waals surface area (Å²) in [5.41, 5.74) is 0.446.